The van der Waals surface area contributed by atoms with Crippen LogP contribution in [0.3, 0.4) is 0 Å². The van der Waals surface area contributed by atoms with Crippen LogP contribution in [0.4, 0.5) is 0 Å². The zero-order valence-electron chi connectivity index (χ0n) is 25.0. The fraction of sp³-hybridized carbons (Fsp3) is 0.879. The highest BCUT2D eigenvalue weighted by atomic mass is 16.5. The molecule has 5 aliphatic carbocycles. The lowest BCUT2D eigenvalue weighted by Crippen LogP contribution is -2.67. The van der Waals surface area contributed by atoms with Gasteiger partial charge in [0.05, 0.1) is 5.41 Å². The predicted octanol–water partition coefficient (Wildman–Crippen LogP) is 7.32. The van der Waals surface area contributed by atoms with Gasteiger partial charge in [-0.25, -0.2) is 0 Å². The summed E-state index contributed by atoms with van der Waals surface area (Å²) in [6, 6.07) is 0. The molecule has 5 fully saturated rings. The normalized spacial score (nSPS) is 50.1. The topological polar surface area (TPSA) is 55.4 Å². The molecule has 10 atom stereocenters. The zero-order valence-corrected chi connectivity index (χ0v) is 25.0. The monoisotopic (exact) mass is 511 g/mol. The Hall–Kier alpha value is -1.32. The van der Waals surface area contributed by atoms with Crippen molar-refractivity contribution < 1.29 is 14.3 Å². The van der Waals surface area contributed by atoms with Gasteiger partial charge in [0.1, 0.15) is 6.10 Å². The molecule has 5 aliphatic rings. The predicted molar refractivity (Wildman–Crippen MR) is 149 cm³/mol. The van der Waals surface area contributed by atoms with Crippen LogP contribution in [0, 0.1) is 56.7 Å². The summed E-state index contributed by atoms with van der Waals surface area (Å²) in [7, 11) is 1.84. The average molecular weight is 512 g/mol. The summed E-state index contributed by atoms with van der Waals surface area (Å²) in [5, 5.41) is 3.10. The van der Waals surface area contributed by atoms with E-state index < -0.39 is 0 Å². The number of hydrogen-bond donors (Lipinski definition) is 1. The molecule has 1 N–H and O–H groups in total. The lowest BCUT2D eigenvalue weighted by Gasteiger charge is -2.72. The molecule has 5 saturated carbocycles. The largest absolute Gasteiger partial charge is 0.462 e. The van der Waals surface area contributed by atoms with Crippen molar-refractivity contribution >= 4 is 11.9 Å². The average Bonchev–Trinajstić information content (AvgIpc) is 3.22. The molecule has 0 aromatic rings. The molecule has 0 aliphatic heterocycles. The Bertz CT molecular complexity index is 986. The fourth-order valence-electron chi connectivity index (χ4n) is 12.2. The lowest BCUT2D eigenvalue weighted by molar-refractivity contribution is -0.248. The van der Waals surface area contributed by atoms with Crippen LogP contribution < -0.4 is 5.32 Å². The second-order valence-corrected chi connectivity index (χ2v) is 15.4. The SMILES string of the molecule is C=C(C)[C@@H]1CC[C@]2(C(=O)NC)CC[C@]3(C)[C@H](CCC4[C@@]5(C)CCC(OC(C)=O)C(C)(C)[C@@H]5CC[C@]43C)[C@@H]12. The Kier molecular flexibility index (Phi) is 6.33. The number of ether oxygens (including phenoxy) is 1. The molecule has 0 radical (unpaired) electrons. The maximum atomic E-state index is 13.5. The Balaban J connectivity index is 1.52. The van der Waals surface area contributed by atoms with Crippen molar-refractivity contribution in [2.45, 2.75) is 119 Å². The van der Waals surface area contributed by atoms with Crippen LogP contribution in [0.2, 0.25) is 0 Å². The van der Waals surface area contributed by atoms with E-state index in [-0.39, 0.29) is 45.1 Å². The summed E-state index contributed by atoms with van der Waals surface area (Å²) in [6.07, 6.45) is 11.4. The molecule has 4 nitrogen and oxygen atoms in total. The third kappa shape index (κ3) is 3.45. The quantitative estimate of drug-likeness (QED) is 0.319. The standard InChI is InChI=1S/C33H53NO3/c1-20(2)22-12-17-33(28(36)34-9)19-18-31(7)23(27(22)33)10-11-25-30(6)15-14-26(37-21(3)35)29(4,5)24(30)13-16-32(25,31)8/h22-27H,1,10-19H2,2-9H3,(H,34,36)/t22-,23+,24-,25?,26?,27+,30-,31+,32+,33-/m0/s1. The van der Waals surface area contributed by atoms with E-state index in [1.807, 2.05) is 7.05 Å². The lowest BCUT2D eigenvalue weighted by atomic mass is 9.32. The van der Waals surface area contributed by atoms with E-state index in [4.69, 9.17) is 4.74 Å². The molecule has 1 amide bonds. The van der Waals surface area contributed by atoms with Crippen LogP contribution in [0.5, 0.6) is 0 Å². The first-order valence-electron chi connectivity index (χ1n) is 15.2. The van der Waals surface area contributed by atoms with E-state index >= 15 is 0 Å². The first kappa shape index (κ1) is 27.3. The van der Waals surface area contributed by atoms with Crippen LogP contribution in [-0.4, -0.2) is 25.0 Å². The third-order valence-corrected chi connectivity index (χ3v) is 14.0. The van der Waals surface area contributed by atoms with Crippen LogP contribution >= 0.6 is 0 Å². The van der Waals surface area contributed by atoms with Crippen molar-refractivity contribution in [2.24, 2.45) is 56.7 Å². The summed E-state index contributed by atoms with van der Waals surface area (Å²) >= 11 is 0. The van der Waals surface area contributed by atoms with Crippen LogP contribution in [-0.2, 0) is 14.3 Å². The minimum Gasteiger partial charge on any atom is -0.462 e. The highest BCUT2D eigenvalue weighted by Crippen LogP contribution is 2.77. The van der Waals surface area contributed by atoms with Crippen molar-refractivity contribution in [3.05, 3.63) is 12.2 Å². The van der Waals surface area contributed by atoms with Gasteiger partial charge >= 0.3 is 5.97 Å². The summed E-state index contributed by atoms with van der Waals surface area (Å²) in [5.74, 6) is 2.86. The molecule has 208 valence electrons. The maximum Gasteiger partial charge on any atom is 0.302 e. The molecule has 0 aromatic carbocycles. The molecule has 0 spiro atoms. The number of esters is 1. The summed E-state index contributed by atoms with van der Waals surface area (Å²) in [4.78, 5) is 25.4. The zero-order chi connectivity index (χ0) is 27.2. The van der Waals surface area contributed by atoms with Gasteiger partial charge in [-0.05, 0) is 117 Å². The van der Waals surface area contributed by atoms with Gasteiger partial charge < -0.3 is 10.1 Å². The van der Waals surface area contributed by atoms with Crippen molar-refractivity contribution in [3.8, 4) is 0 Å². The molecule has 2 unspecified atom stereocenters. The second kappa shape index (κ2) is 8.59. The van der Waals surface area contributed by atoms with E-state index in [0.29, 0.717) is 29.6 Å². The molecular weight excluding hydrogens is 458 g/mol. The van der Waals surface area contributed by atoms with Crippen molar-refractivity contribution in [1.82, 2.24) is 5.32 Å². The number of carbonyl (C=O) groups excluding carboxylic acids is 2. The highest BCUT2D eigenvalue weighted by Gasteiger charge is 2.72. The molecule has 4 heteroatoms. The number of hydrogen-bond acceptors (Lipinski definition) is 3. The molecule has 0 bridgehead atoms. The molecule has 0 aromatic heterocycles. The second-order valence-electron chi connectivity index (χ2n) is 15.4. The maximum absolute atomic E-state index is 13.5. The van der Waals surface area contributed by atoms with E-state index in [9.17, 15) is 9.59 Å². The number of amides is 1. The van der Waals surface area contributed by atoms with Crippen LogP contribution in [0.15, 0.2) is 12.2 Å². The van der Waals surface area contributed by atoms with Gasteiger partial charge in [0.25, 0.3) is 0 Å². The number of nitrogens with one attached hydrogen (secondary N) is 1. The van der Waals surface area contributed by atoms with Gasteiger partial charge in [-0.15, -0.1) is 0 Å². The van der Waals surface area contributed by atoms with Crippen molar-refractivity contribution in [2.75, 3.05) is 7.05 Å². The molecule has 5 rings (SSSR count). The van der Waals surface area contributed by atoms with Gasteiger partial charge in [0.15, 0.2) is 0 Å². The summed E-state index contributed by atoms with van der Waals surface area (Å²) < 4.78 is 5.91. The molecule has 37 heavy (non-hydrogen) atoms. The van der Waals surface area contributed by atoms with Gasteiger partial charge in [-0.3, -0.25) is 9.59 Å². The Morgan fingerprint density at radius 2 is 1.51 bits per heavy atom. The Morgan fingerprint density at radius 1 is 0.811 bits per heavy atom. The minimum atomic E-state index is -0.211. The molecule has 0 heterocycles. The van der Waals surface area contributed by atoms with Gasteiger partial charge in [0, 0.05) is 19.4 Å². The van der Waals surface area contributed by atoms with Gasteiger partial charge in [-0.1, -0.05) is 46.8 Å². The highest BCUT2D eigenvalue weighted by molar-refractivity contribution is 5.83. The number of rotatable bonds is 3. The summed E-state index contributed by atoms with van der Waals surface area (Å²) in [6.45, 7) is 20.8. The van der Waals surface area contributed by atoms with E-state index in [1.165, 1.54) is 31.3 Å². The van der Waals surface area contributed by atoms with Crippen LogP contribution in [0.1, 0.15) is 113 Å². The van der Waals surface area contributed by atoms with Crippen molar-refractivity contribution in [3.63, 3.8) is 0 Å². The van der Waals surface area contributed by atoms with E-state index in [0.717, 1.165) is 38.5 Å². The van der Waals surface area contributed by atoms with Crippen LogP contribution in [0.25, 0.3) is 0 Å². The first-order chi connectivity index (χ1) is 17.2. The number of carbonyl (C=O) groups is 2. The van der Waals surface area contributed by atoms with E-state index in [2.05, 4.69) is 53.4 Å². The number of fused-ring (bicyclic) bond motifs is 7. The Labute approximate surface area is 226 Å². The van der Waals surface area contributed by atoms with Crippen molar-refractivity contribution in [1.29, 1.82) is 0 Å². The summed E-state index contributed by atoms with van der Waals surface area (Å²) in [5.41, 5.74) is 1.84. The van der Waals surface area contributed by atoms with Gasteiger partial charge in [-0.2, -0.15) is 0 Å². The minimum absolute atomic E-state index is 0.00478. The smallest absolute Gasteiger partial charge is 0.302 e. The number of allylic oxidation sites excluding steroid dienone is 1. The molecule has 0 saturated heterocycles. The van der Waals surface area contributed by atoms with E-state index in [1.54, 1.807) is 6.92 Å². The molecular formula is C33H53NO3. The first-order valence-corrected chi connectivity index (χ1v) is 15.2. The fourth-order valence-corrected chi connectivity index (χ4v) is 12.2. The Morgan fingerprint density at radius 3 is 2.14 bits per heavy atom. The third-order valence-electron chi connectivity index (χ3n) is 14.0. The van der Waals surface area contributed by atoms with Gasteiger partial charge in [0.2, 0.25) is 5.91 Å².